The van der Waals surface area contributed by atoms with Crippen molar-refractivity contribution in [3.05, 3.63) is 17.7 Å². The van der Waals surface area contributed by atoms with E-state index in [0.717, 1.165) is 38.5 Å². The van der Waals surface area contributed by atoms with E-state index in [0.29, 0.717) is 37.1 Å². The van der Waals surface area contributed by atoms with Gasteiger partial charge in [-0.05, 0) is 50.7 Å². The van der Waals surface area contributed by atoms with E-state index in [1.54, 1.807) is 12.1 Å². The van der Waals surface area contributed by atoms with Crippen LogP contribution in [0.2, 0.25) is 0 Å². The van der Waals surface area contributed by atoms with E-state index in [1.165, 1.54) is 0 Å². The smallest absolute Gasteiger partial charge is 0.252 e. The highest BCUT2D eigenvalue weighted by atomic mass is 16.5. The summed E-state index contributed by atoms with van der Waals surface area (Å²) in [5.74, 6) is -2.64. The van der Waals surface area contributed by atoms with E-state index in [9.17, 15) is 60.0 Å². The summed E-state index contributed by atoms with van der Waals surface area (Å²) in [5.41, 5.74) is 0.210. The fourth-order valence-electron chi connectivity index (χ4n) is 5.29. The largest absolute Gasteiger partial charge is 0.490 e. The number of hydrogen-bond donors (Lipinski definition) is 14. The van der Waals surface area contributed by atoms with E-state index >= 15 is 0 Å². The number of ether oxygens (including phenoxy) is 3. The van der Waals surface area contributed by atoms with Crippen LogP contribution in [-0.4, -0.2) is 182 Å². The van der Waals surface area contributed by atoms with Crippen molar-refractivity contribution in [3.63, 3.8) is 0 Å². The van der Waals surface area contributed by atoms with Gasteiger partial charge in [0.1, 0.15) is 42.7 Å². The number of amides is 4. The Bertz CT molecular complexity index is 1380. The SMILES string of the molecule is CCCCOc1cc(C(=O)NCCNC(=O)[C@H](CCCCNC(=O)[C@@H](O)[C@H](O)[C@@H](O)[C@@H](O)CO)NC(=O)[C@@H](O)[C@H](O)[C@@H](O)[C@@H](O)CO)cc(OCCCC)c1OCCCC. The van der Waals surface area contributed by atoms with Crippen LogP contribution in [0.5, 0.6) is 17.2 Å². The van der Waals surface area contributed by atoms with Crippen molar-refractivity contribution in [2.75, 3.05) is 52.7 Å². The zero-order chi connectivity index (χ0) is 45.2. The number of carbonyl (C=O) groups excluding carboxylic acids is 4. The summed E-state index contributed by atoms with van der Waals surface area (Å²) in [5, 5.41) is 107. The van der Waals surface area contributed by atoms with Gasteiger partial charge in [-0.15, -0.1) is 0 Å². The average molecular weight is 865 g/mol. The molecule has 1 aromatic rings. The zero-order valence-corrected chi connectivity index (χ0v) is 34.7. The van der Waals surface area contributed by atoms with Crippen LogP contribution >= 0.6 is 0 Å². The maximum Gasteiger partial charge on any atom is 0.252 e. The predicted octanol–water partition coefficient (Wildman–Crippen LogP) is -3.29. The molecule has 0 aliphatic heterocycles. The van der Waals surface area contributed by atoms with Gasteiger partial charge >= 0.3 is 0 Å². The molecule has 0 aromatic heterocycles. The van der Waals surface area contributed by atoms with Crippen LogP contribution < -0.4 is 35.5 Å². The summed E-state index contributed by atoms with van der Waals surface area (Å²) in [4.78, 5) is 51.7. The van der Waals surface area contributed by atoms with Crippen LogP contribution in [0.25, 0.3) is 0 Å². The van der Waals surface area contributed by atoms with Gasteiger partial charge in [0.15, 0.2) is 23.7 Å². The Morgan fingerprint density at radius 3 is 1.48 bits per heavy atom. The number of benzene rings is 1. The highest BCUT2D eigenvalue weighted by Crippen LogP contribution is 2.39. The van der Waals surface area contributed by atoms with Crippen LogP contribution in [0.1, 0.15) is 88.9 Å². The number of unbranched alkanes of at least 4 members (excludes halogenated alkanes) is 4. The molecule has 4 amide bonds. The lowest BCUT2D eigenvalue weighted by Gasteiger charge is -2.26. The number of aliphatic hydroxyl groups is 10. The van der Waals surface area contributed by atoms with Crippen molar-refractivity contribution in [1.29, 1.82) is 0 Å². The number of carbonyl (C=O) groups is 4. The third-order valence-electron chi connectivity index (χ3n) is 9.15. The van der Waals surface area contributed by atoms with E-state index < -0.39 is 91.7 Å². The molecule has 9 atom stereocenters. The van der Waals surface area contributed by atoms with Gasteiger partial charge in [0.05, 0.1) is 33.0 Å². The second kappa shape index (κ2) is 30.2. The fraction of sp³-hybridized carbons (Fsp3) is 0.744. The molecule has 0 heterocycles. The molecule has 0 spiro atoms. The van der Waals surface area contributed by atoms with Crippen molar-refractivity contribution in [2.45, 2.75) is 133 Å². The monoisotopic (exact) mass is 864 g/mol. The van der Waals surface area contributed by atoms with E-state index in [1.807, 2.05) is 20.8 Å². The average Bonchev–Trinajstić information content (AvgIpc) is 3.25. The molecule has 14 N–H and O–H groups in total. The summed E-state index contributed by atoms with van der Waals surface area (Å²) in [6.07, 6.45) is -11.7. The Morgan fingerprint density at radius 2 is 1.00 bits per heavy atom. The van der Waals surface area contributed by atoms with Crippen molar-refractivity contribution in [2.24, 2.45) is 0 Å². The third-order valence-corrected chi connectivity index (χ3v) is 9.15. The van der Waals surface area contributed by atoms with E-state index in [2.05, 4.69) is 21.3 Å². The lowest BCUT2D eigenvalue weighted by molar-refractivity contribution is -0.150. The number of rotatable bonds is 33. The van der Waals surface area contributed by atoms with Gasteiger partial charge in [-0.2, -0.15) is 0 Å². The molecule has 0 saturated heterocycles. The molecule has 0 aliphatic carbocycles. The molecular weight excluding hydrogens is 796 g/mol. The predicted molar refractivity (Wildman–Crippen MR) is 214 cm³/mol. The number of hydrogen-bond acceptors (Lipinski definition) is 17. The molecule has 60 heavy (non-hydrogen) atoms. The van der Waals surface area contributed by atoms with Crippen molar-refractivity contribution in [1.82, 2.24) is 21.3 Å². The first-order valence-electron chi connectivity index (χ1n) is 20.5. The summed E-state index contributed by atoms with van der Waals surface area (Å²) in [6.45, 7) is 4.95. The Balaban J connectivity index is 3.05. The van der Waals surface area contributed by atoms with Crippen molar-refractivity contribution < 1.29 is 84.5 Å². The second-order valence-electron chi connectivity index (χ2n) is 14.2. The van der Waals surface area contributed by atoms with Crippen LogP contribution in [0.4, 0.5) is 0 Å². The van der Waals surface area contributed by atoms with Gasteiger partial charge < -0.3 is 86.5 Å². The third kappa shape index (κ3) is 18.8. The summed E-state index contributed by atoms with van der Waals surface area (Å²) in [7, 11) is 0. The Labute approximate surface area is 350 Å². The molecule has 21 heteroatoms. The Kier molecular flexibility index (Phi) is 27.2. The standard InChI is InChI=1S/C39H68N4O17/c1-4-7-16-58-27-19-23(20-28(59-17-8-5-2)35(27)60-18-9-6-3)36(54)41-14-15-42-37(55)24(43-39(57)34(53)32(51)30(49)26(47)22-45)12-10-11-13-40-38(56)33(52)31(50)29(48)25(46)21-44/h19-20,24-26,29-34,44-53H,4-18,21-22H2,1-3H3,(H,40,56)(H,41,54)(H,42,55)(H,43,57)/t24-,25-,26-,29-,30-,31+,32+,33-,34-/m0/s1. The lowest BCUT2D eigenvalue weighted by atomic mass is 10.0. The molecule has 346 valence electrons. The maximum absolute atomic E-state index is 13.3. The van der Waals surface area contributed by atoms with Gasteiger partial charge in [0, 0.05) is 25.2 Å². The zero-order valence-electron chi connectivity index (χ0n) is 34.7. The molecule has 0 saturated carbocycles. The summed E-state index contributed by atoms with van der Waals surface area (Å²) >= 11 is 0. The van der Waals surface area contributed by atoms with Crippen LogP contribution in [0, 0.1) is 0 Å². The minimum absolute atomic E-state index is 0.0884. The Hall–Kier alpha value is -3.90. The molecule has 0 aliphatic rings. The maximum atomic E-state index is 13.3. The molecule has 0 bridgehead atoms. The van der Waals surface area contributed by atoms with Gasteiger partial charge in [-0.25, -0.2) is 0 Å². The van der Waals surface area contributed by atoms with Crippen LogP contribution in [-0.2, 0) is 14.4 Å². The van der Waals surface area contributed by atoms with Crippen LogP contribution in [0.15, 0.2) is 12.1 Å². The minimum Gasteiger partial charge on any atom is -0.490 e. The van der Waals surface area contributed by atoms with E-state index in [4.69, 9.17) is 24.4 Å². The summed E-state index contributed by atoms with van der Waals surface area (Å²) in [6, 6.07) is 1.71. The first-order valence-corrected chi connectivity index (χ1v) is 20.5. The second-order valence-corrected chi connectivity index (χ2v) is 14.2. The highest BCUT2D eigenvalue weighted by Gasteiger charge is 2.36. The van der Waals surface area contributed by atoms with Gasteiger partial charge in [0.25, 0.3) is 17.7 Å². The quantitative estimate of drug-likeness (QED) is 0.0308. The van der Waals surface area contributed by atoms with Crippen molar-refractivity contribution in [3.8, 4) is 17.2 Å². The first-order chi connectivity index (χ1) is 28.6. The van der Waals surface area contributed by atoms with Gasteiger partial charge in [-0.1, -0.05) is 40.0 Å². The highest BCUT2D eigenvalue weighted by molar-refractivity contribution is 5.95. The molecule has 0 radical (unpaired) electrons. The normalized spacial score (nSPS) is 15.9. The number of nitrogens with one attached hydrogen (secondary N) is 4. The van der Waals surface area contributed by atoms with Crippen LogP contribution in [0.3, 0.4) is 0 Å². The summed E-state index contributed by atoms with van der Waals surface area (Å²) < 4.78 is 18.1. The minimum atomic E-state index is -2.35. The fourth-order valence-corrected chi connectivity index (χ4v) is 5.29. The number of aliphatic hydroxyl groups excluding tert-OH is 10. The Morgan fingerprint density at radius 1 is 0.550 bits per heavy atom. The topological polar surface area (TPSA) is 346 Å². The molecule has 1 rings (SSSR count). The first kappa shape index (κ1) is 54.1. The molecule has 0 fully saturated rings. The van der Waals surface area contributed by atoms with E-state index in [-0.39, 0.29) is 44.5 Å². The van der Waals surface area contributed by atoms with Crippen molar-refractivity contribution >= 4 is 23.6 Å². The molecule has 1 aromatic carbocycles. The van der Waals surface area contributed by atoms with Gasteiger partial charge in [-0.3, -0.25) is 19.2 Å². The molecular formula is C39H68N4O17. The molecule has 0 unspecified atom stereocenters. The lowest BCUT2D eigenvalue weighted by Crippen LogP contribution is -2.56. The molecule has 21 nitrogen and oxygen atoms in total. The van der Waals surface area contributed by atoms with Gasteiger partial charge in [0.2, 0.25) is 11.7 Å².